The molecule has 0 spiro atoms. The Morgan fingerprint density at radius 3 is 2.85 bits per heavy atom. The van der Waals surface area contributed by atoms with Crippen molar-refractivity contribution in [3.63, 3.8) is 0 Å². The molecular formula is C19H18N6O2. The summed E-state index contributed by atoms with van der Waals surface area (Å²) in [6, 6.07) is 13.0. The molecule has 0 unspecified atom stereocenters. The van der Waals surface area contributed by atoms with Crippen LogP contribution in [0.15, 0.2) is 47.6 Å². The third-order valence-electron chi connectivity index (χ3n) is 4.30. The van der Waals surface area contributed by atoms with E-state index in [0.717, 1.165) is 28.6 Å². The molecule has 2 heterocycles. The van der Waals surface area contributed by atoms with Crippen LogP contribution in [0.5, 0.6) is 11.5 Å². The van der Waals surface area contributed by atoms with E-state index in [4.69, 9.17) is 4.74 Å². The molecule has 0 fully saturated rings. The van der Waals surface area contributed by atoms with Gasteiger partial charge in [0.25, 0.3) is 5.95 Å². The first-order chi connectivity index (χ1) is 13.2. The molecule has 2 aromatic carbocycles. The van der Waals surface area contributed by atoms with E-state index in [2.05, 4.69) is 37.2 Å². The molecule has 0 saturated carbocycles. The van der Waals surface area contributed by atoms with E-state index in [0.29, 0.717) is 11.3 Å². The number of hydrazone groups is 1. The van der Waals surface area contributed by atoms with Crippen LogP contribution in [-0.4, -0.2) is 38.2 Å². The van der Waals surface area contributed by atoms with Crippen molar-refractivity contribution in [3.8, 4) is 11.5 Å². The maximum absolute atomic E-state index is 9.96. The third-order valence-corrected chi connectivity index (χ3v) is 4.30. The second kappa shape index (κ2) is 6.91. The number of anilines is 1. The third kappa shape index (κ3) is 3.01. The molecule has 2 aromatic heterocycles. The van der Waals surface area contributed by atoms with Crippen molar-refractivity contribution >= 4 is 34.2 Å². The number of nitrogens with one attached hydrogen (secondary N) is 1. The topological polar surface area (TPSA) is 97.5 Å². The van der Waals surface area contributed by atoms with Crippen LogP contribution in [-0.2, 0) is 6.54 Å². The predicted octanol–water partition coefficient (Wildman–Crippen LogP) is 3.16. The van der Waals surface area contributed by atoms with Gasteiger partial charge in [0.1, 0.15) is 17.0 Å². The summed E-state index contributed by atoms with van der Waals surface area (Å²) in [4.78, 5) is 4.55. The van der Waals surface area contributed by atoms with Crippen molar-refractivity contribution in [1.82, 2.24) is 19.7 Å². The molecule has 0 atom stereocenters. The SMILES string of the molecule is CCn1c2ccccc2c2nnc(NN=Cc3ccc(OC)cc3O)nc21. The standard InChI is InChI=1S/C19H18N6O2/c1-3-25-15-7-5-4-6-14(15)17-18(25)21-19(24-22-17)23-20-11-12-8-9-13(27-2)10-16(12)26/h4-11,26H,3H2,1-2H3,(H,21,23,24). The minimum atomic E-state index is 0.0699. The van der Waals surface area contributed by atoms with Gasteiger partial charge in [-0.25, -0.2) is 5.43 Å². The Bertz CT molecular complexity index is 1150. The van der Waals surface area contributed by atoms with Crippen LogP contribution in [0.1, 0.15) is 12.5 Å². The first-order valence-corrected chi connectivity index (χ1v) is 8.49. The van der Waals surface area contributed by atoms with Crippen LogP contribution < -0.4 is 10.2 Å². The Morgan fingerprint density at radius 1 is 1.22 bits per heavy atom. The number of aromatic hydroxyl groups is 1. The fourth-order valence-electron chi connectivity index (χ4n) is 2.99. The average molecular weight is 362 g/mol. The molecule has 0 bridgehead atoms. The molecule has 0 aliphatic heterocycles. The number of aryl methyl sites for hydroxylation is 1. The maximum Gasteiger partial charge on any atom is 0.265 e. The Kier molecular flexibility index (Phi) is 4.29. The minimum Gasteiger partial charge on any atom is -0.507 e. The van der Waals surface area contributed by atoms with Crippen LogP contribution in [0.4, 0.5) is 5.95 Å². The molecule has 136 valence electrons. The second-order valence-electron chi connectivity index (χ2n) is 5.86. The number of phenolic OH excluding ortho intramolecular Hbond substituents is 1. The van der Waals surface area contributed by atoms with Crippen LogP contribution in [0.2, 0.25) is 0 Å². The lowest BCUT2D eigenvalue weighted by Crippen LogP contribution is -2.02. The minimum absolute atomic E-state index is 0.0699. The Morgan fingerprint density at radius 2 is 2.07 bits per heavy atom. The molecule has 0 amide bonds. The van der Waals surface area contributed by atoms with Gasteiger partial charge in [-0.2, -0.15) is 10.1 Å². The van der Waals surface area contributed by atoms with Crippen LogP contribution >= 0.6 is 0 Å². The molecule has 8 nitrogen and oxygen atoms in total. The zero-order valence-electron chi connectivity index (χ0n) is 14.9. The predicted molar refractivity (Wildman–Crippen MR) is 104 cm³/mol. The fourth-order valence-corrected chi connectivity index (χ4v) is 2.99. The fraction of sp³-hybridized carbons (Fsp3) is 0.158. The number of fused-ring (bicyclic) bond motifs is 3. The monoisotopic (exact) mass is 362 g/mol. The largest absolute Gasteiger partial charge is 0.507 e. The van der Waals surface area contributed by atoms with Gasteiger partial charge in [-0.15, -0.1) is 10.2 Å². The van der Waals surface area contributed by atoms with E-state index in [9.17, 15) is 5.11 Å². The highest BCUT2D eigenvalue weighted by molar-refractivity contribution is 6.04. The summed E-state index contributed by atoms with van der Waals surface area (Å²) in [7, 11) is 1.54. The molecule has 8 heteroatoms. The first kappa shape index (κ1) is 16.8. The normalized spacial score (nSPS) is 11.5. The number of ether oxygens (including phenoxy) is 1. The van der Waals surface area contributed by atoms with Gasteiger partial charge < -0.3 is 14.4 Å². The Labute approximate surface area is 155 Å². The molecule has 4 aromatic rings. The van der Waals surface area contributed by atoms with Crippen LogP contribution in [0.3, 0.4) is 0 Å². The number of hydrogen-bond acceptors (Lipinski definition) is 7. The summed E-state index contributed by atoms with van der Waals surface area (Å²) in [5.74, 6) is 0.924. The van der Waals surface area contributed by atoms with Gasteiger partial charge in [-0.3, -0.25) is 0 Å². The molecule has 0 radical (unpaired) electrons. The van der Waals surface area contributed by atoms with Gasteiger partial charge in [0.15, 0.2) is 5.65 Å². The Hall–Kier alpha value is -3.68. The highest BCUT2D eigenvalue weighted by Crippen LogP contribution is 2.26. The summed E-state index contributed by atoms with van der Waals surface area (Å²) in [5, 5.41) is 23.5. The van der Waals surface area contributed by atoms with E-state index < -0.39 is 0 Å². The average Bonchev–Trinajstić information content (AvgIpc) is 3.02. The van der Waals surface area contributed by atoms with Crippen molar-refractivity contribution in [2.75, 3.05) is 12.5 Å². The van der Waals surface area contributed by atoms with Gasteiger partial charge in [0, 0.05) is 23.6 Å². The van der Waals surface area contributed by atoms with E-state index in [1.54, 1.807) is 19.2 Å². The van der Waals surface area contributed by atoms with Crippen molar-refractivity contribution in [3.05, 3.63) is 48.0 Å². The van der Waals surface area contributed by atoms with E-state index >= 15 is 0 Å². The number of phenols is 1. The number of methoxy groups -OCH3 is 1. The van der Waals surface area contributed by atoms with Gasteiger partial charge in [0.2, 0.25) is 0 Å². The molecule has 27 heavy (non-hydrogen) atoms. The number of benzene rings is 2. The maximum atomic E-state index is 9.96. The van der Waals surface area contributed by atoms with Gasteiger partial charge in [0.05, 0.1) is 18.8 Å². The number of nitrogens with zero attached hydrogens (tertiary/aromatic N) is 5. The van der Waals surface area contributed by atoms with Gasteiger partial charge in [-0.1, -0.05) is 18.2 Å². The first-order valence-electron chi connectivity index (χ1n) is 8.49. The van der Waals surface area contributed by atoms with E-state index in [1.165, 1.54) is 12.3 Å². The quantitative estimate of drug-likeness (QED) is 0.418. The summed E-state index contributed by atoms with van der Waals surface area (Å²) >= 11 is 0. The van der Waals surface area contributed by atoms with Crippen molar-refractivity contribution in [1.29, 1.82) is 0 Å². The lowest BCUT2D eigenvalue weighted by molar-refractivity contribution is 0.407. The zero-order chi connectivity index (χ0) is 18.8. The molecule has 4 rings (SSSR count). The second-order valence-corrected chi connectivity index (χ2v) is 5.86. The number of para-hydroxylation sites is 1. The molecule has 2 N–H and O–H groups in total. The molecule has 0 aliphatic carbocycles. The van der Waals surface area contributed by atoms with Crippen molar-refractivity contribution in [2.45, 2.75) is 13.5 Å². The highest BCUT2D eigenvalue weighted by atomic mass is 16.5. The van der Waals surface area contributed by atoms with Crippen LogP contribution in [0, 0.1) is 0 Å². The molecule has 0 saturated heterocycles. The van der Waals surface area contributed by atoms with E-state index in [1.807, 2.05) is 24.3 Å². The summed E-state index contributed by atoms with van der Waals surface area (Å²) in [5.41, 5.74) is 5.89. The summed E-state index contributed by atoms with van der Waals surface area (Å²) in [6.45, 7) is 2.83. The van der Waals surface area contributed by atoms with Crippen LogP contribution in [0.25, 0.3) is 22.1 Å². The zero-order valence-corrected chi connectivity index (χ0v) is 14.9. The number of rotatable bonds is 5. The van der Waals surface area contributed by atoms with Crippen molar-refractivity contribution in [2.24, 2.45) is 5.10 Å². The lowest BCUT2D eigenvalue weighted by atomic mass is 10.2. The highest BCUT2D eigenvalue weighted by Gasteiger charge is 2.13. The summed E-state index contributed by atoms with van der Waals surface area (Å²) < 4.78 is 7.15. The smallest absolute Gasteiger partial charge is 0.265 e. The Balaban J connectivity index is 1.64. The van der Waals surface area contributed by atoms with Gasteiger partial charge >= 0.3 is 0 Å². The summed E-state index contributed by atoms with van der Waals surface area (Å²) in [6.07, 6.45) is 1.48. The van der Waals surface area contributed by atoms with Gasteiger partial charge in [-0.05, 0) is 25.1 Å². The number of hydrogen-bond donors (Lipinski definition) is 2. The molecular weight excluding hydrogens is 344 g/mol. The lowest BCUT2D eigenvalue weighted by Gasteiger charge is -2.03. The number of aromatic nitrogens is 4. The molecule has 0 aliphatic rings. The van der Waals surface area contributed by atoms with Crippen molar-refractivity contribution < 1.29 is 9.84 Å². The van der Waals surface area contributed by atoms with E-state index in [-0.39, 0.29) is 11.7 Å².